The van der Waals surface area contributed by atoms with Gasteiger partial charge in [-0.05, 0) is 19.1 Å². The lowest BCUT2D eigenvalue weighted by molar-refractivity contribution is 0.0946. The zero-order chi connectivity index (χ0) is 13.0. The van der Waals surface area contributed by atoms with Crippen molar-refractivity contribution in [3.63, 3.8) is 0 Å². The molecule has 18 heavy (non-hydrogen) atoms. The third-order valence-corrected chi connectivity index (χ3v) is 3.34. The number of carbonyl (C=O) groups excluding carboxylic acids is 1. The highest BCUT2D eigenvalue weighted by atomic mass is 32.1. The summed E-state index contributed by atoms with van der Waals surface area (Å²) < 4.78 is 0. The summed E-state index contributed by atoms with van der Waals surface area (Å²) in [6, 6.07) is 4.05. The van der Waals surface area contributed by atoms with Gasteiger partial charge in [0.15, 0.2) is 0 Å². The van der Waals surface area contributed by atoms with Gasteiger partial charge in [0, 0.05) is 16.8 Å². The van der Waals surface area contributed by atoms with E-state index >= 15 is 0 Å². The third-order valence-electron chi connectivity index (χ3n) is 2.34. The predicted molar refractivity (Wildman–Crippen MR) is 71.8 cm³/mol. The lowest BCUT2D eigenvalue weighted by Gasteiger charge is -2.04. The Morgan fingerprint density at radius 3 is 2.89 bits per heavy atom. The molecule has 0 aliphatic heterocycles. The molecule has 1 amide bonds. The molecule has 0 atom stereocenters. The number of aromatic nitrogens is 2. The number of anilines is 1. The summed E-state index contributed by atoms with van der Waals surface area (Å²) in [5, 5.41) is 5.67. The van der Waals surface area contributed by atoms with E-state index in [-0.39, 0.29) is 5.91 Å². The van der Waals surface area contributed by atoms with Crippen LogP contribution in [-0.2, 0) is 6.54 Å². The molecule has 0 aliphatic rings. The van der Waals surface area contributed by atoms with Gasteiger partial charge in [0.25, 0.3) is 5.91 Å². The largest absolute Gasteiger partial charge is 0.372 e. The fourth-order valence-corrected chi connectivity index (χ4v) is 2.26. The highest BCUT2D eigenvalue weighted by Gasteiger charge is 2.08. The van der Waals surface area contributed by atoms with Gasteiger partial charge in [-0.15, -0.1) is 11.3 Å². The number of carbonyl (C=O) groups is 1. The average molecular weight is 262 g/mol. The minimum absolute atomic E-state index is 0.217. The molecule has 2 aromatic rings. The molecule has 2 rings (SSSR count). The number of hydrogen-bond acceptors (Lipinski definition) is 5. The van der Waals surface area contributed by atoms with Crippen molar-refractivity contribution in [1.29, 1.82) is 0 Å². The van der Waals surface area contributed by atoms with Gasteiger partial charge in [0.2, 0.25) is 0 Å². The van der Waals surface area contributed by atoms with Crippen LogP contribution in [0.4, 0.5) is 5.82 Å². The first-order valence-electron chi connectivity index (χ1n) is 5.52. The van der Waals surface area contributed by atoms with Crippen LogP contribution in [0.1, 0.15) is 20.2 Å². The summed E-state index contributed by atoms with van der Waals surface area (Å²) in [6.45, 7) is 2.56. The Hall–Kier alpha value is -1.95. The SMILES string of the molecule is CNc1cncc(C(=O)NCc2ccc(C)s2)n1. The first-order chi connectivity index (χ1) is 8.69. The van der Waals surface area contributed by atoms with Crippen LogP contribution in [0.25, 0.3) is 0 Å². The lowest BCUT2D eigenvalue weighted by atomic mass is 10.4. The fourth-order valence-electron chi connectivity index (χ4n) is 1.43. The number of aryl methyl sites for hydroxylation is 1. The third kappa shape index (κ3) is 3.04. The highest BCUT2D eigenvalue weighted by molar-refractivity contribution is 7.11. The van der Waals surface area contributed by atoms with E-state index in [1.54, 1.807) is 24.6 Å². The van der Waals surface area contributed by atoms with Crippen LogP contribution in [0.5, 0.6) is 0 Å². The summed E-state index contributed by atoms with van der Waals surface area (Å²) in [6.07, 6.45) is 3.02. The maximum Gasteiger partial charge on any atom is 0.271 e. The van der Waals surface area contributed by atoms with Gasteiger partial charge in [-0.25, -0.2) is 4.98 Å². The van der Waals surface area contributed by atoms with Gasteiger partial charge in [0.05, 0.1) is 18.9 Å². The molecule has 0 aromatic carbocycles. The first-order valence-corrected chi connectivity index (χ1v) is 6.34. The topological polar surface area (TPSA) is 66.9 Å². The molecule has 5 nitrogen and oxygen atoms in total. The molecule has 6 heteroatoms. The molecule has 0 unspecified atom stereocenters. The summed E-state index contributed by atoms with van der Waals surface area (Å²) in [4.78, 5) is 22.3. The average Bonchev–Trinajstić information content (AvgIpc) is 2.82. The second-order valence-corrected chi connectivity index (χ2v) is 5.11. The Bertz CT molecular complexity index is 553. The van der Waals surface area contributed by atoms with Crippen LogP contribution in [-0.4, -0.2) is 22.9 Å². The van der Waals surface area contributed by atoms with E-state index in [2.05, 4.69) is 20.6 Å². The highest BCUT2D eigenvalue weighted by Crippen LogP contribution is 2.14. The fraction of sp³-hybridized carbons (Fsp3) is 0.250. The summed E-state index contributed by atoms with van der Waals surface area (Å²) in [5.41, 5.74) is 0.315. The number of nitrogens with zero attached hydrogens (tertiary/aromatic N) is 2. The number of hydrogen-bond donors (Lipinski definition) is 2. The summed E-state index contributed by atoms with van der Waals surface area (Å²) >= 11 is 1.67. The van der Waals surface area contributed by atoms with Crippen molar-refractivity contribution in [2.24, 2.45) is 0 Å². The van der Waals surface area contributed by atoms with Gasteiger partial charge in [0.1, 0.15) is 11.5 Å². The summed E-state index contributed by atoms with van der Waals surface area (Å²) in [7, 11) is 1.74. The van der Waals surface area contributed by atoms with Crippen molar-refractivity contribution in [3.05, 3.63) is 40.0 Å². The van der Waals surface area contributed by atoms with E-state index < -0.39 is 0 Å². The van der Waals surface area contributed by atoms with E-state index in [1.807, 2.05) is 19.1 Å². The molecule has 0 aliphatic carbocycles. The molecule has 0 radical (unpaired) electrons. The maximum atomic E-state index is 11.9. The van der Waals surface area contributed by atoms with Crippen LogP contribution in [0.3, 0.4) is 0 Å². The summed E-state index contributed by atoms with van der Waals surface area (Å²) in [5.74, 6) is 0.361. The Labute approximate surface area is 109 Å². The monoisotopic (exact) mass is 262 g/mol. The molecule has 2 aromatic heterocycles. The molecule has 0 fully saturated rings. The molecule has 2 N–H and O–H groups in total. The van der Waals surface area contributed by atoms with Gasteiger partial charge in [-0.2, -0.15) is 0 Å². The smallest absolute Gasteiger partial charge is 0.271 e. The Kier molecular flexibility index (Phi) is 3.88. The zero-order valence-electron chi connectivity index (χ0n) is 10.2. The van der Waals surface area contributed by atoms with Gasteiger partial charge in [-0.1, -0.05) is 0 Å². The second kappa shape index (κ2) is 5.59. The van der Waals surface area contributed by atoms with Crippen molar-refractivity contribution in [3.8, 4) is 0 Å². The Morgan fingerprint density at radius 1 is 1.39 bits per heavy atom. The van der Waals surface area contributed by atoms with Gasteiger partial charge >= 0.3 is 0 Å². The van der Waals surface area contributed by atoms with E-state index in [0.29, 0.717) is 18.1 Å². The number of nitrogens with one attached hydrogen (secondary N) is 2. The molecule has 2 heterocycles. The minimum Gasteiger partial charge on any atom is -0.372 e. The van der Waals surface area contributed by atoms with Crippen LogP contribution in [0, 0.1) is 6.92 Å². The molecular weight excluding hydrogens is 248 g/mol. The van der Waals surface area contributed by atoms with Crippen molar-refractivity contribution in [2.45, 2.75) is 13.5 Å². The molecule has 0 bridgehead atoms. The molecule has 0 saturated carbocycles. The van der Waals surface area contributed by atoms with Crippen LogP contribution in [0.2, 0.25) is 0 Å². The first kappa shape index (κ1) is 12.5. The van der Waals surface area contributed by atoms with Crippen LogP contribution >= 0.6 is 11.3 Å². The lowest BCUT2D eigenvalue weighted by Crippen LogP contribution is -2.23. The molecular formula is C12H14N4OS. The van der Waals surface area contributed by atoms with E-state index in [9.17, 15) is 4.79 Å². The standard InChI is InChI=1S/C12H14N4OS/c1-8-3-4-9(18-8)5-15-12(17)10-6-14-7-11(13-2)16-10/h3-4,6-7H,5H2,1-2H3,(H,13,16)(H,15,17). The van der Waals surface area contributed by atoms with E-state index in [1.165, 1.54) is 11.1 Å². The van der Waals surface area contributed by atoms with E-state index in [4.69, 9.17) is 0 Å². The van der Waals surface area contributed by atoms with Crippen molar-refractivity contribution in [2.75, 3.05) is 12.4 Å². The zero-order valence-corrected chi connectivity index (χ0v) is 11.0. The number of amides is 1. The van der Waals surface area contributed by atoms with Gasteiger partial charge < -0.3 is 10.6 Å². The van der Waals surface area contributed by atoms with Crippen molar-refractivity contribution < 1.29 is 4.79 Å². The van der Waals surface area contributed by atoms with Crippen molar-refractivity contribution in [1.82, 2.24) is 15.3 Å². The van der Waals surface area contributed by atoms with Gasteiger partial charge in [-0.3, -0.25) is 9.78 Å². The normalized spacial score (nSPS) is 10.1. The van der Waals surface area contributed by atoms with E-state index in [0.717, 1.165) is 4.88 Å². The Balaban J connectivity index is 1.99. The van der Waals surface area contributed by atoms with Crippen molar-refractivity contribution >= 4 is 23.1 Å². The quantitative estimate of drug-likeness (QED) is 0.882. The molecule has 0 spiro atoms. The minimum atomic E-state index is -0.217. The predicted octanol–water partition coefficient (Wildman–Crippen LogP) is 1.82. The maximum absolute atomic E-state index is 11.9. The van der Waals surface area contributed by atoms with Crippen LogP contribution < -0.4 is 10.6 Å². The Morgan fingerprint density at radius 2 is 2.22 bits per heavy atom. The molecule has 0 saturated heterocycles. The second-order valence-electron chi connectivity index (χ2n) is 3.73. The van der Waals surface area contributed by atoms with Crippen LogP contribution in [0.15, 0.2) is 24.5 Å². The number of thiophene rings is 1. The number of rotatable bonds is 4. The molecule has 94 valence electrons.